The number of rotatable bonds is 6. The Balaban J connectivity index is 2.36. The van der Waals surface area contributed by atoms with Crippen LogP contribution in [0.25, 0.3) is 0 Å². The molecule has 0 aromatic carbocycles. The van der Waals surface area contributed by atoms with Gasteiger partial charge in [0.1, 0.15) is 48.8 Å². The van der Waals surface area contributed by atoms with Gasteiger partial charge in [0.2, 0.25) is 10.9 Å². The minimum Gasteiger partial charge on any atom is -0.387 e. The third-order valence-electron chi connectivity index (χ3n) is 4.67. The van der Waals surface area contributed by atoms with Crippen molar-refractivity contribution >= 4 is 20.2 Å². The Kier molecular flexibility index (Phi) is 8.01. The van der Waals surface area contributed by atoms with E-state index in [1.807, 2.05) is 0 Å². The highest BCUT2D eigenvalue weighted by Gasteiger charge is 2.55. The van der Waals surface area contributed by atoms with E-state index in [0.29, 0.717) is 0 Å². The van der Waals surface area contributed by atoms with Crippen molar-refractivity contribution in [3.63, 3.8) is 0 Å². The highest BCUT2D eigenvalue weighted by Crippen LogP contribution is 2.31. The van der Waals surface area contributed by atoms with Gasteiger partial charge in [-0.15, -0.1) is 0 Å². The zero-order chi connectivity index (χ0) is 24.0. The first-order valence-corrected chi connectivity index (χ1v) is 11.3. The molecule has 2 rings (SSSR count). The molecule has 3 unspecified atom stereocenters. The van der Waals surface area contributed by atoms with E-state index < -0.39 is 92.5 Å². The van der Waals surface area contributed by atoms with Crippen LogP contribution in [0.3, 0.4) is 0 Å². The molecule has 2 aliphatic heterocycles. The van der Waals surface area contributed by atoms with E-state index in [1.165, 1.54) is 0 Å². The lowest BCUT2D eigenvalue weighted by atomic mass is 9.97. The molecule has 0 amide bonds. The van der Waals surface area contributed by atoms with Gasteiger partial charge < -0.3 is 55.1 Å². The number of hydrogen-bond acceptors (Lipinski definition) is 15. The molecule has 10 N–H and O–H groups in total. The third-order valence-corrected chi connectivity index (χ3v) is 6.43. The first-order valence-electron chi connectivity index (χ1n) is 8.32. The van der Waals surface area contributed by atoms with E-state index >= 15 is 0 Å². The Labute approximate surface area is 174 Å². The topological polar surface area (TPSA) is 298 Å². The van der Waals surface area contributed by atoms with E-state index in [0.717, 1.165) is 0 Å². The molecule has 0 aromatic rings. The summed E-state index contributed by atoms with van der Waals surface area (Å²) in [5.74, 6) is 0. The molecule has 17 nitrogen and oxygen atoms in total. The highest BCUT2D eigenvalue weighted by molar-refractivity contribution is 7.86. The van der Waals surface area contributed by atoms with Crippen LogP contribution in [0.1, 0.15) is 0 Å². The molecule has 31 heavy (non-hydrogen) atoms. The SMILES string of the molecule is O=S(=O)(O)C(O)[C@H]1O[C@@H](O[C@H]2[C@H](O)[C@@H](O)C(O)O[C@@H]2C(O)S(=O)(=O)O)[C@H](O)[C@@H](O)[C@H]1O. The summed E-state index contributed by atoms with van der Waals surface area (Å²) in [7, 11) is -10.6. The van der Waals surface area contributed by atoms with Gasteiger partial charge in [-0.2, -0.15) is 16.8 Å². The standard InChI is InChI=1S/C12H22O17S2/c13-1-2(14)7(10(19)30(21,22)23)29-12(5(1)17)28-6-3(15)4(16)9(18)27-8(6)11(20)31(24,25)26/h1-20H,(H,21,22,23)(H,24,25,26)/t1-,2+,3+,4+,5+,6-,7-,8-,9?,10?,11?,12+/m0/s1. The highest BCUT2D eigenvalue weighted by atomic mass is 32.2. The van der Waals surface area contributed by atoms with Crippen LogP contribution in [-0.4, -0.2) is 139 Å². The first-order chi connectivity index (χ1) is 14.0. The second-order valence-electron chi connectivity index (χ2n) is 6.83. The van der Waals surface area contributed by atoms with E-state index in [-0.39, 0.29) is 0 Å². The van der Waals surface area contributed by atoms with Gasteiger partial charge in [-0.3, -0.25) is 9.11 Å². The predicted molar refractivity (Wildman–Crippen MR) is 89.6 cm³/mol. The fraction of sp³-hybridized carbons (Fsp3) is 1.00. The zero-order valence-corrected chi connectivity index (χ0v) is 16.7. The summed E-state index contributed by atoms with van der Waals surface area (Å²) in [5, 5.41) is 78.4. The predicted octanol–water partition coefficient (Wildman–Crippen LogP) is -6.97. The number of hydrogen-bond donors (Lipinski definition) is 10. The van der Waals surface area contributed by atoms with Crippen LogP contribution in [0.15, 0.2) is 0 Å². The average Bonchev–Trinajstić information content (AvgIpc) is 2.65. The van der Waals surface area contributed by atoms with Crippen LogP contribution in [0.5, 0.6) is 0 Å². The minimum absolute atomic E-state index is 2.19. The van der Waals surface area contributed by atoms with E-state index in [1.54, 1.807) is 0 Å². The molecule has 0 aromatic heterocycles. The molecular formula is C12H22O17S2. The van der Waals surface area contributed by atoms with Gasteiger partial charge in [0.25, 0.3) is 20.2 Å². The monoisotopic (exact) mass is 502 g/mol. The fourth-order valence-corrected chi connectivity index (χ4v) is 4.10. The maximum absolute atomic E-state index is 11.2. The largest absolute Gasteiger partial charge is 0.387 e. The van der Waals surface area contributed by atoms with Crippen LogP contribution >= 0.6 is 0 Å². The van der Waals surface area contributed by atoms with Crippen molar-refractivity contribution in [1.29, 1.82) is 0 Å². The van der Waals surface area contributed by atoms with E-state index in [4.69, 9.17) is 18.6 Å². The Morgan fingerprint density at radius 1 is 0.645 bits per heavy atom. The number of aliphatic hydroxyl groups excluding tert-OH is 8. The summed E-state index contributed by atoms with van der Waals surface area (Å²) in [4.78, 5) is 0. The Bertz CT molecular complexity index is 830. The van der Waals surface area contributed by atoms with Crippen molar-refractivity contribution in [3.8, 4) is 0 Å². The zero-order valence-electron chi connectivity index (χ0n) is 15.1. The maximum Gasteiger partial charge on any atom is 0.294 e. The van der Waals surface area contributed by atoms with Gasteiger partial charge in [-0.1, -0.05) is 0 Å². The van der Waals surface area contributed by atoms with Crippen LogP contribution in [0.2, 0.25) is 0 Å². The normalized spacial score (nSPS) is 44.6. The number of aliphatic hydroxyl groups is 8. The molecule has 0 aliphatic carbocycles. The molecule has 2 aliphatic rings. The van der Waals surface area contributed by atoms with Crippen molar-refractivity contribution in [2.24, 2.45) is 0 Å². The summed E-state index contributed by atoms with van der Waals surface area (Å²) >= 11 is 0. The van der Waals surface area contributed by atoms with Crippen LogP contribution in [0.4, 0.5) is 0 Å². The smallest absolute Gasteiger partial charge is 0.294 e. The van der Waals surface area contributed by atoms with Crippen LogP contribution in [-0.2, 0) is 34.4 Å². The summed E-state index contributed by atoms with van der Waals surface area (Å²) < 4.78 is 77.1. The van der Waals surface area contributed by atoms with Crippen LogP contribution in [0, 0.1) is 0 Å². The van der Waals surface area contributed by atoms with E-state index in [9.17, 15) is 57.7 Å². The molecule has 184 valence electrons. The molecule has 2 saturated heterocycles. The second-order valence-corrected chi connectivity index (χ2v) is 9.85. The van der Waals surface area contributed by atoms with Crippen molar-refractivity contribution in [1.82, 2.24) is 0 Å². The molecule has 0 bridgehead atoms. The van der Waals surface area contributed by atoms with Crippen molar-refractivity contribution in [2.45, 2.75) is 72.3 Å². The summed E-state index contributed by atoms with van der Waals surface area (Å²) in [6, 6.07) is 0. The Hall–Kier alpha value is -0.620. The lowest BCUT2D eigenvalue weighted by Gasteiger charge is -2.46. The second kappa shape index (κ2) is 9.32. The van der Waals surface area contributed by atoms with Gasteiger partial charge in [-0.25, -0.2) is 0 Å². The van der Waals surface area contributed by atoms with Crippen molar-refractivity contribution in [2.75, 3.05) is 0 Å². The Morgan fingerprint density at radius 3 is 1.61 bits per heavy atom. The lowest BCUT2D eigenvalue weighted by molar-refractivity contribution is -0.358. The molecule has 0 radical (unpaired) electrons. The number of ether oxygens (including phenoxy) is 3. The maximum atomic E-state index is 11.2. The lowest BCUT2D eigenvalue weighted by Crippen LogP contribution is -2.67. The van der Waals surface area contributed by atoms with Gasteiger partial charge in [-0.05, 0) is 0 Å². The van der Waals surface area contributed by atoms with E-state index in [2.05, 4.69) is 4.74 Å². The van der Waals surface area contributed by atoms with Gasteiger partial charge >= 0.3 is 0 Å². The van der Waals surface area contributed by atoms with Crippen molar-refractivity contribution in [3.05, 3.63) is 0 Å². The quantitative estimate of drug-likeness (QED) is 0.151. The third kappa shape index (κ3) is 5.48. The molecule has 19 heteroatoms. The van der Waals surface area contributed by atoms with Crippen LogP contribution < -0.4 is 0 Å². The molecule has 12 atom stereocenters. The molecule has 2 fully saturated rings. The molecule has 0 saturated carbocycles. The first kappa shape index (κ1) is 26.6. The summed E-state index contributed by atoms with van der Waals surface area (Å²) in [6.45, 7) is 0. The van der Waals surface area contributed by atoms with Gasteiger partial charge in [0.05, 0.1) is 0 Å². The molecule has 2 heterocycles. The summed E-state index contributed by atoms with van der Waals surface area (Å²) in [6.07, 6.45) is -22.8. The molecule has 0 spiro atoms. The minimum atomic E-state index is -5.32. The average molecular weight is 502 g/mol. The Morgan fingerprint density at radius 2 is 1.13 bits per heavy atom. The van der Waals surface area contributed by atoms with Crippen molar-refractivity contribution < 1.29 is 81.0 Å². The van der Waals surface area contributed by atoms with Gasteiger partial charge in [0.15, 0.2) is 12.6 Å². The molecular weight excluding hydrogens is 480 g/mol. The van der Waals surface area contributed by atoms with Gasteiger partial charge in [0, 0.05) is 0 Å². The fourth-order valence-electron chi connectivity index (χ4n) is 2.98. The summed E-state index contributed by atoms with van der Waals surface area (Å²) in [5.41, 5.74) is -5.75.